The molecule has 2 aromatic heterocycles. The van der Waals surface area contributed by atoms with Crippen LogP contribution in [0.15, 0.2) is 58.6 Å². The van der Waals surface area contributed by atoms with Crippen LogP contribution in [0, 0.1) is 6.92 Å². The van der Waals surface area contributed by atoms with Crippen LogP contribution >= 0.6 is 35.0 Å². The Bertz CT molecular complexity index is 1430. The summed E-state index contributed by atoms with van der Waals surface area (Å²) in [5.41, 5.74) is 2.72. The molecule has 0 aliphatic carbocycles. The van der Waals surface area contributed by atoms with Crippen molar-refractivity contribution in [1.29, 1.82) is 0 Å². The van der Waals surface area contributed by atoms with E-state index in [9.17, 15) is 9.59 Å². The predicted molar refractivity (Wildman–Crippen MR) is 127 cm³/mol. The molecule has 32 heavy (non-hydrogen) atoms. The summed E-state index contributed by atoms with van der Waals surface area (Å²) in [4.78, 5) is 30.6. The van der Waals surface area contributed by atoms with Gasteiger partial charge in [0.05, 0.1) is 28.6 Å². The summed E-state index contributed by atoms with van der Waals surface area (Å²) in [7, 11) is 0. The number of amides is 1. The van der Waals surface area contributed by atoms with Crippen LogP contribution in [-0.2, 0) is 4.79 Å². The highest BCUT2D eigenvalue weighted by Gasteiger charge is 2.29. The maximum absolute atomic E-state index is 13.3. The van der Waals surface area contributed by atoms with Gasteiger partial charge >= 0.3 is 0 Å². The van der Waals surface area contributed by atoms with Crippen molar-refractivity contribution >= 4 is 57.6 Å². The summed E-state index contributed by atoms with van der Waals surface area (Å²) in [6, 6.07) is 12.4. The Kier molecular flexibility index (Phi) is 5.44. The van der Waals surface area contributed by atoms with Crippen molar-refractivity contribution in [1.82, 2.24) is 19.3 Å². The third-order valence-corrected chi connectivity index (χ3v) is 6.89. The van der Waals surface area contributed by atoms with Gasteiger partial charge in [0.2, 0.25) is 5.91 Å². The summed E-state index contributed by atoms with van der Waals surface area (Å²) < 4.78 is 3.27. The number of carbonyl (C=O) groups excluding carboxylic acids is 1. The average molecular weight is 486 g/mol. The van der Waals surface area contributed by atoms with Crippen LogP contribution in [0.4, 0.5) is 5.69 Å². The lowest BCUT2D eigenvalue weighted by atomic mass is 10.2. The highest BCUT2D eigenvalue weighted by atomic mass is 35.5. The third kappa shape index (κ3) is 3.79. The molecule has 3 heterocycles. The molecule has 0 radical (unpaired) electrons. The number of aryl methyl sites for hydroxylation is 1. The molecule has 10 heteroatoms. The largest absolute Gasteiger partial charge is 0.325 e. The van der Waals surface area contributed by atoms with Crippen molar-refractivity contribution in [3.05, 3.63) is 74.6 Å². The quantitative estimate of drug-likeness (QED) is 0.416. The van der Waals surface area contributed by atoms with Gasteiger partial charge < -0.3 is 5.32 Å². The number of halogens is 2. The van der Waals surface area contributed by atoms with Gasteiger partial charge in [-0.15, -0.1) is 0 Å². The maximum atomic E-state index is 13.3. The molecule has 0 saturated carbocycles. The van der Waals surface area contributed by atoms with E-state index in [2.05, 4.69) is 10.4 Å². The topological polar surface area (TPSA) is 81.8 Å². The molecule has 162 valence electrons. The minimum absolute atomic E-state index is 0.123. The van der Waals surface area contributed by atoms with Crippen LogP contribution in [-0.4, -0.2) is 31.0 Å². The molecule has 2 aromatic carbocycles. The van der Waals surface area contributed by atoms with Gasteiger partial charge in [0.15, 0.2) is 10.8 Å². The van der Waals surface area contributed by atoms with Gasteiger partial charge in [0.1, 0.15) is 5.39 Å². The minimum Gasteiger partial charge on any atom is -0.325 e. The number of nitrogens with one attached hydrogen (secondary N) is 1. The summed E-state index contributed by atoms with van der Waals surface area (Å²) in [6.07, 6.45) is 1.66. The highest BCUT2D eigenvalue weighted by Crippen LogP contribution is 2.34. The van der Waals surface area contributed by atoms with E-state index >= 15 is 0 Å². The average Bonchev–Trinajstić information content (AvgIpc) is 3.35. The maximum Gasteiger partial charge on any atom is 0.265 e. The number of carbonyl (C=O) groups is 1. The molecule has 5 rings (SSSR count). The summed E-state index contributed by atoms with van der Waals surface area (Å²) in [6.45, 7) is 2.00. The van der Waals surface area contributed by atoms with E-state index in [0.29, 0.717) is 37.7 Å². The smallest absolute Gasteiger partial charge is 0.265 e. The number of fused-ring (bicyclic) bond motifs is 2. The fourth-order valence-electron chi connectivity index (χ4n) is 3.74. The molecule has 1 N–H and O–H groups in total. The molecule has 0 fully saturated rings. The van der Waals surface area contributed by atoms with Crippen molar-refractivity contribution in [2.24, 2.45) is 0 Å². The number of rotatable bonds is 4. The summed E-state index contributed by atoms with van der Waals surface area (Å²) in [5.74, 6) is 0.337. The lowest BCUT2D eigenvalue weighted by Gasteiger charge is -2.14. The van der Waals surface area contributed by atoms with E-state index < -0.39 is 0 Å². The zero-order valence-corrected chi connectivity index (χ0v) is 19.2. The number of thioether (sulfide) groups is 1. The fraction of sp³-hybridized carbons (Fsp3) is 0.182. The first kappa shape index (κ1) is 21.1. The first-order valence-corrected chi connectivity index (χ1v) is 11.6. The lowest BCUT2D eigenvalue weighted by Crippen LogP contribution is -2.27. The molecule has 0 saturated heterocycles. The first-order chi connectivity index (χ1) is 15.4. The number of aromatic nitrogens is 4. The molecule has 0 bridgehead atoms. The molecule has 1 aliphatic rings. The predicted octanol–water partition coefficient (Wildman–Crippen LogP) is 4.87. The van der Waals surface area contributed by atoms with Crippen LogP contribution in [0.3, 0.4) is 0 Å². The van der Waals surface area contributed by atoms with Crippen LogP contribution < -0.4 is 10.9 Å². The number of benzene rings is 2. The zero-order valence-electron chi connectivity index (χ0n) is 16.9. The zero-order chi connectivity index (χ0) is 22.4. The van der Waals surface area contributed by atoms with Crippen LogP contribution in [0.2, 0.25) is 10.0 Å². The van der Waals surface area contributed by atoms with Gasteiger partial charge in [-0.2, -0.15) is 5.10 Å². The van der Waals surface area contributed by atoms with Crippen LogP contribution in [0.25, 0.3) is 16.7 Å². The normalized spacial score (nSPS) is 15.2. The lowest BCUT2D eigenvalue weighted by molar-refractivity contribution is -0.116. The van der Waals surface area contributed by atoms with Crippen molar-refractivity contribution in [3.8, 4) is 5.69 Å². The van der Waals surface area contributed by atoms with Crippen molar-refractivity contribution in [3.63, 3.8) is 0 Å². The van der Waals surface area contributed by atoms with Gasteiger partial charge in [-0.3, -0.25) is 14.2 Å². The first-order valence-electron chi connectivity index (χ1n) is 9.86. The molecular formula is C22H17Cl2N5O2S. The van der Waals surface area contributed by atoms with Gasteiger partial charge in [-0.1, -0.05) is 47.1 Å². The summed E-state index contributed by atoms with van der Waals surface area (Å²) in [5, 5.41) is 9.03. The number of nitrogens with zero attached hydrogens (tertiary/aromatic N) is 4. The van der Waals surface area contributed by atoms with Gasteiger partial charge in [0.25, 0.3) is 5.56 Å². The molecule has 1 atom stereocenters. The number of anilines is 1. The Labute approximate surface area is 197 Å². The summed E-state index contributed by atoms with van der Waals surface area (Å²) >= 11 is 13.5. The van der Waals surface area contributed by atoms with Crippen molar-refractivity contribution < 1.29 is 4.79 Å². The molecule has 7 nitrogen and oxygen atoms in total. The molecule has 1 aliphatic heterocycles. The Morgan fingerprint density at radius 2 is 2.09 bits per heavy atom. The van der Waals surface area contributed by atoms with Crippen molar-refractivity contribution in [2.75, 3.05) is 11.1 Å². The second-order valence-electron chi connectivity index (χ2n) is 7.54. The Hall–Kier alpha value is -2.81. The second-order valence-corrected chi connectivity index (χ2v) is 9.37. The molecule has 0 spiro atoms. The number of hydrogen-bond acceptors (Lipinski definition) is 5. The minimum atomic E-state index is -0.312. The highest BCUT2D eigenvalue weighted by molar-refractivity contribution is 7.99. The van der Waals surface area contributed by atoms with E-state index in [4.69, 9.17) is 28.2 Å². The van der Waals surface area contributed by atoms with E-state index in [1.165, 1.54) is 18.0 Å². The van der Waals surface area contributed by atoms with E-state index in [1.54, 1.807) is 27.4 Å². The molecule has 1 amide bonds. The Morgan fingerprint density at radius 3 is 2.88 bits per heavy atom. The standard InChI is InChI=1S/C22H17Cl2N5O2S/c1-12-3-2-4-14(7-12)29-20-16(10-25-29)21(31)28-15(11-32-22(28)27-20)9-19(30)26-18-6-5-13(23)8-17(18)24/h2-8,10,15H,9,11H2,1H3,(H,26,30). The molecule has 1 unspecified atom stereocenters. The van der Waals surface area contributed by atoms with Gasteiger partial charge in [-0.05, 0) is 42.8 Å². The fourth-order valence-corrected chi connectivity index (χ4v) is 5.32. The monoisotopic (exact) mass is 485 g/mol. The van der Waals surface area contributed by atoms with Crippen LogP contribution in [0.5, 0.6) is 0 Å². The van der Waals surface area contributed by atoms with E-state index in [1.807, 2.05) is 31.2 Å². The molecular weight excluding hydrogens is 469 g/mol. The van der Waals surface area contributed by atoms with E-state index in [-0.39, 0.29) is 23.9 Å². The molecule has 4 aromatic rings. The third-order valence-electron chi connectivity index (χ3n) is 5.24. The van der Waals surface area contributed by atoms with Gasteiger partial charge in [-0.25, -0.2) is 9.67 Å². The van der Waals surface area contributed by atoms with Gasteiger partial charge in [0, 0.05) is 17.2 Å². The Balaban J connectivity index is 1.44. The number of hydrogen-bond donors (Lipinski definition) is 1. The van der Waals surface area contributed by atoms with E-state index in [0.717, 1.165) is 11.3 Å². The second kappa shape index (κ2) is 8.27. The Morgan fingerprint density at radius 1 is 1.25 bits per heavy atom. The van der Waals surface area contributed by atoms with Crippen molar-refractivity contribution in [2.45, 2.75) is 24.5 Å². The SMILES string of the molecule is Cc1cccc(-n2ncc3c(=O)n4c(nc32)SCC4CC(=O)Nc2ccc(Cl)cc2Cl)c1. The van der Waals surface area contributed by atoms with Crippen LogP contribution in [0.1, 0.15) is 18.0 Å².